The molecule has 2 amide bonds. The van der Waals surface area contributed by atoms with E-state index < -0.39 is 12.0 Å². The second-order valence-electron chi connectivity index (χ2n) is 6.36. The van der Waals surface area contributed by atoms with E-state index in [4.69, 9.17) is 14.2 Å². The van der Waals surface area contributed by atoms with E-state index >= 15 is 0 Å². The molecule has 0 saturated heterocycles. The molecule has 2 N–H and O–H groups in total. The minimum absolute atomic E-state index is 0.235. The normalized spacial score (nSPS) is 15.8. The van der Waals surface area contributed by atoms with Gasteiger partial charge in [-0.25, -0.2) is 9.59 Å². The van der Waals surface area contributed by atoms with Gasteiger partial charge in [-0.1, -0.05) is 24.3 Å². The van der Waals surface area contributed by atoms with Gasteiger partial charge in [-0.05, 0) is 36.8 Å². The number of hydrogen-bond acceptors (Lipinski definition) is 6. The average Bonchev–Trinajstić information content (AvgIpc) is 2.77. The first-order chi connectivity index (χ1) is 14.6. The average molecular weight is 429 g/mol. The Morgan fingerprint density at radius 3 is 2.47 bits per heavy atom. The van der Waals surface area contributed by atoms with Gasteiger partial charge in [0.25, 0.3) is 0 Å². The van der Waals surface area contributed by atoms with Crippen LogP contribution in [0.5, 0.6) is 11.5 Å². The van der Waals surface area contributed by atoms with E-state index in [-0.39, 0.29) is 12.6 Å². The van der Waals surface area contributed by atoms with Crippen molar-refractivity contribution in [2.45, 2.75) is 17.9 Å². The van der Waals surface area contributed by atoms with Crippen LogP contribution in [-0.2, 0) is 9.53 Å². The van der Waals surface area contributed by atoms with Crippen molar-refractivity contribution in [1.82, 2.24) is 10.6 Å². The van der Waals surface area contributed by atoms with Gasteiger partial charge in [-0.3, -0.25) is 0 Å². The minimum Gasteiger partial charge on any atom is -0.497 e. The van der Waals surface area contributed by atoms with Gasteiger partial charge >= 0.3 is 12.0 Å². The summed E-state index contributed by atoms with van der Waals surface area (Å²) in [5.41, 5.74) is 1.64. The number of benzene rings is 2. The number of methoxy groups -OCH3 is 2. The molecule has 1 heterocycles. The van der Waals surface area contributed by atoms with Crippen LogP contribution >= 0.6 is 11.8 Å². The first-order valence-electron chi connectivity index (χ1n) is 9.44. The summed E-state index contributed by atoms with van der Waals surface area (Å²) in [6.07, 6.45) is 0. The molecule has 0 radical (unpaired) electrons. The van der Waals surface area contributed by atoms with Crippen LogP contribution in [0.4, 0.5) is 4.79 Å². The van der Waals surface area contributed by atoms with E-state index in [1.807, 2.05) is 36.4 Å². The van der Waals surface area contributed by atoms with Crippen LogP contribution in [0.2, 0.25) is 0 Å². The summed E-state index contributed by atoms with van der Waals surface area (Å²) in [7, 11) is 3.19. The topological polar surface area (TPSA) is 85.9 Å². The fourth-order valence-corrected chi connectivity index (χ4v) is 4.11. The first-order valence-corrected chi connectivity index (χ1v) is 10.4. The number of carbonyl (C=O) groups excluding carboxylic acids is 2. The van der Waals surface area contributed by atoms with Crippen molar-refractivity contribution in [1.29, 1.82) is 0 Å². The summed E-state index contributed by atoms with van der Waals surface area (Å²) >= 11 is 1.47. The van der Waals surface area contributed by atoms with Crippen LogP contribution < -0.4 is 20.1 Å². The number of urea groups is 1. The van der Waals surface area contributed by atoms with Gasteiger partial charge in [0, 0.05) is 16.3 Å². The molecule has 2 aromatic rings. The van der Waals surface area contributed by atoms with Crippen LogP contribution in [0.25, 0.3) is 0 Å². The number of carbonyl (C=O) groups is 2. The molecule has 3 rings (SSSR count). The maximum Gasteiger partial charge on any atom is 0.338 e. The van der Waals surface area contributed by atoms with Crippen LogP contribution in [0.1, 0.15) is 18.5 Å². The lowest BCUT2D eigenvalue weighted by molar-refractivity contribution is -0.139. The SMILES string of the molecule is CCOC(=O)C1=C(CSc2ccccc2OC)NC(=O)NC1c1ccc(OC)cc1. The fraction of sp³-hybridized carbons (Fsp3) is 0.273. The number of thioether (sulfide) groups is 1. The Kier molecular flexibility index (Phi) is 7.24. The van der Waals surface area contributed by atoms with Crippen LogP contribution in [0.3, 0.4) is 0 Å². The maximum atomic E-state index is 12.8. The quantitative estimate of drug-likeness (QED) is 0.493. The molecule has 158 valence electrons. The molecule has 0 aromatic heterocycles. The molecule has 1 aliphatic heterocycles. The highest BCUT2D eigenvalue weighted by atomic mass is 32.2. The minimum atomic E-state index is -0.628. The van der Waals surface area contributed by atoms with Crippen molar-refractivity contribution in [2.75, 3.05) is 26.6 Å². The first kappa shape index (κ1) is 21.6. The zero-order valence-electron chi connectivity index (χ0n) is 17.1. The summed E-state index contributed by atoms with van der Waals surface area (Å²) in [4.78, 5) is 26.1. The molecule has 0 bridgehead atoms. The highest BCUT2D eigenvalue weighted by Gasteiger charge is 2.33. The summed E-state index contributed by atoms with van der Waals surface area (Å²) in [5.74, 6) is 1.32. The Bertz CT molecular complexity index is 943. The third-order valence-electron chi connectivity index (χ3n) is 4.54. The molecular formula is C22H24N2O5S. The van der Waals surface area contributed by atoms with E-state index in [0.29, 0.717) is 22.8 Å². The lowest BCUT2D eigenvalue weighted by Gasteiger charge is -2.29. The molecule has 8 heteroatoms. The number of para-hydroxylation sites is 1. The van der Waals surface area contributed by atoms with E-state index in [1.54, 1.807) is 33.3 Å². The van der Waals surface area contributed by atoms with E-state index in [2.05, 4.69) is 10.6 Å². The molecule has 1 unspecified atom stereocenters. The zero-order chi connectivity index (χ0) is 21.5. The Balaban J connectivity index is 1.97. The Hall–Kier alpha value is -3.13. The maximum absolute atomic E-state index is 12.8. The highest BCUT2D eigenvalue weighted by Crippen LogP contribution is 2.34. The predicted molar refractivity (Wildman–Crippen MR) is 115 cm³/mol. The van der Waals surface area contributed by atoms with Crippen LogP contribution in [0, 0.1) is 0 Å². The second kappa shape index (κ2) is 10.1. The van der Waals surface area contributed by atoms with Crippen molar-refractivity contribution in [3.8, 4) is 11.5 Å². The summed E-state index contributed by atoms with van der Waals surface area (Å²) < 4.78 is 15.9. The highest BCUT2D eigenvalue weighted by molar-refractivity contribution is 7.99. The second-order valence-corrected chi connectivity index (χ2v) is 7.37. The molecule has 0 saturated carbocycles. The van der Waals surface area contributed by atoms with E-state index in [0.717, 1.165) is 16.2 Å². The number of ether oxygens (including phenoxy) is 3. The lowest BCUT2D eigenvalue weighted by Crippen LogP contribution is -2.46. The largest absolute Gasteiger partial charge is 0.497 e. The van der Waals surface area contributed by atoms with Crippen molar-refractivity contribution < 1.29 is 23.8 Å². The molecular weight excluding hydrogens is 404 g/mol. The molecule has 1 atom stereocenters. The molecule has 1 aliphatic rings. The predicted octanol–water partition coefficient (Wildman–Crippen LogP) is 3.67. The van der Waals surface area contributed by atoms with E-state index in [9.17, 15) is 9.59 Å². The number of amides is 2. The van der Waals surface area contributed by atoms with Gasteiger partial charge in [0.2, 0.25) is 0 Å². The molecule has 2 aromatic carbocycles. The zero-order valence-corrected chi connectivity index (χ0v) is 17.9. The van der Waals surface area contributed by atoms with Crippen molar-refractivity contribution >= 4 is 23.8 Å². The Morgan fingerprint density at radius 2 is 1.80 bits per heavy atom. The molecule has 0 fully saturated rings. The fourth-order valence-electron chi connectivity index (χ4n) is 3.12. The van der Waals surface area contributed by atoms with Gasteiger partial charge in [0.05, 0.1) is 32.4 Å². The van der Waals surface area contributed by atoms with Crippen molar-refractivity contribution in [3.63, 3.8) is 0 Å². The molecule has 0 spiro atoms. The number of esters is 1. The Morgan fingerprint density at radius 1 is 1.07 bits per heavy atom. The monoisotopic (exact) mass is 428 g/mol. The molecule has 0 aliphatic carbocycles. The van der Waals surface area contributed by atoms with Gasteiger partial charge in [-0.2, -0.15) is 0 Å². The smallest absolute Gasteiger partial charge is 0.338 e. The van der Waals surface area contributed by atoms with Crippen molar-refractivity contribution in [3.05, 3.63) is 65.4 Å². The van der Waals surface area contributed by atoms with Crippen LogP contribution in [0.15, 0.2) is 64.7 Å². The lowest BCUT2D eigenvalue weighted by atomic mass is 9.95. The number of hydrogen-bond donors (Lipinski definition) is 2. The van der Waals surface area contributed by atoms with Gasteiger partial charge < -0.3 is 24.8 Å². The molecule has 30 heavy (non-hydrogen) atoms. The standard InChI is InChI=1S/C22H24N2O5S/c1-4-29-21(25)19-16(13-30-18-8-6-5-7-17(18)28-3)23-22(26)24-20(19)14-9-11-15(27-2)12-10-14/h5-12,20H,4,13H2,1-3H3,(H2,23,24,26). The van der Waals surface area contributed by atoms with Crippen LogP contribution in [-0.4, -0.2) is 38.6 Å². The third-order valence-corrected chi connectivity index (χ3v) is 5.62. The van der Waals surface area contributed by atoms with Gasteiger partial charge in [0.15, 0.2) is 0 Å². The van der Waals surface area contributed by atoms with Gasteiger partial charge in [-0.15, -0.1) is 11.8 Å². The number of nitrogens with one attached hydrogen (secondary N) is 2. The third kappa shape index (κ3) is 4.88. The summed E-state index contributed by atoms with van der Waals surface area (Å²) in [6.45, 7) is 1.98. The van der Waals surface area contributed by atoms with Crippen molar-refractivity contribution in [2.24, 2.45) is 0 Å². The summed E-state index contributed by atoms with van der Waals surface area (Å²) in [5, 5.41) is 5.60. The van der Waals surface area contributed by atoms with E-state index in [1.165, 1.54) is 11.8 Å². The Labute approximate surface area is 179 Å². The van der Waals surface area contributed by atoms with Gasteiger partial charge in [0.1, 0.15) is 11.5 Å². The molecule has 7 nitrogen and oxygen atoms in total. The summed E-state index contributed by atoms with van der Waals surface area (Å²) in [6, 6.07) is 13.8. The number of rotatable bonds is 8.